The molecule has 0 aliphatic heterocycles. The topological polar surface area (TPSA) is 51.2 Å². The highest BCUT2D eigenvalue weighted by Gasteiger charge is 2.09. The van der Waals surface area contributed by atoms with Crippen LogP contribution in [0.3, 0.4) is 0 Å². The third-order valence-electron chi connectivity index (χ3n) is 2.79. The molecular formula is C15H16N2O2. The maximum Gasteiger partial charge on any atom is 0.256 e. The molecule has 2 aromatic rings. The standard InChI is InChI=1S/C15H16N2O2/c1-10-9-12(7-8-13(10)19-3)15(18)17-14-6-4-5-11(2)16-14/h4-9H,1-3H3,(H,16,17,18). The maximum absolute atomic E-state index is 12.1. The van der Waals surface area contributed by atoms with Gasteiger partial charge in [-0.05, 0) is 49.7 Å². The lowest BCUT2D eigenvalue weighted by Gasteiger charge is -2.08. The minimum absolute atomic E-state index is 0.177. The average Bonchev–Trinajstić information content (AvgIpc) is 2.38. The smallest absolute Gasteiger partial charge is 0.256 e. The fourth-order valence-electron chi connectivity index (χ4n) is 1.82. The zero-order valence-corrected chi connectivity index (χ0v) is 11.2. The fraction of sp³-hybridized carbons (Fsp3) is 0.200. The van der Waals surface area contributed by atoms with E-state index in [9.17, 15) is 4.79 Å². The second-order valence-electron chi connectivity index (χ2n) is 4.30. The van der Waals surface area contributed by atoms with E-state index < -0.39 is 0 Å². The summed E-state index contributed by atoms with van der Waals surface area (Å²) in [6.07, 6.45) is 0. The number of hydrogen-bond donors (Lipinski definition) is 1. The minimum Gasteiger partial charge on any atom is -0.496 e. The maximum atomic E-state index is 12.1. The number of rotatable bonds is 3. The molecule has 0 unspecified atom stereocenters. The SMILES string of the molecule is COc1ccc(C(=O)Nc2cccc(C)n2)cc1C. The van der Waals surface area contributed by atoms with Crippen molar-refractivity contribution in [3.05, 3.63) is 53.2 Å². The molecule has 0 spiro atoms. The molecule has 0 saturated carbocycles. The predicted octanol–water partition coefficient (Wildman–Crippen LogP) is 2.96. The van der Waals surface area contributed by atoms with Gasteiger partial charge in [-0.2, -0.15) is 0 Å². The molecule has 19 heavy (non-hydrogen) atoms. The van der Waals surface area contributed by atoms with Crippen LogP contribution in [-0.4, -0.2) is 18.0 Å². The van der Waals surface area contributed by atoms with Gasteiger partial charge in [0.2, 0.25) is 0 Å². The fourth-order valence-corrected chi connectivity index (χ4v) is 1.82. The number of amides is 1. The molecule has 4 heteroatoms. The van der Waals surface area contributed by atoms with Gasteiger partial charge < -0.3 is 10.1 Å². The van der Waals surface area contributed by atoms with Gasteiger partial charge in [0, 0.05) is 11.3 Å². The molecule has 0 aliphatic rings. The first kappa shape index (κ1) is 13.1. The van der Waals surface area contributed by atoms with Crippen LogP contribution in [-0.2, 0) is 0 Å². The van der Waals surface area contributed by atoms with E-state index in [0.717, 1.165) is 17.0 Å². The van der Waals surface area contributed by atoms with Crippen LogP contribution in [0.15, 0.2) is 36.4 Å². The normalized spacial score (nSPS) is 10.1. The molecule has 0 atom stereocenters. The number of nitrogens with zero attached hydrogens (tertiary/aromatic N) is 1. The lowest BCUT2D eigenvalue weighted by molar-refractivity contribution is 0.102. The van der Waals surface area contributed by atoms with E-state index >= 15 is 0 Å². The Morgan fingerprint density at radius 2 is 2.00 bits per heavy atom. The van der Waals surface area contributed by atoms with Crippen LogP contribution in [0.4, 0.5) is 5.82 Å². The van der Waals surface area contributed by atoms with Gasteiger partial charge in [-0.25, -0.2) is 4.98 Å². The Morgan fingerprint density at radius 1 is 1.21 bits per heavy atom. The first-order valence-corrected chi connectivity index (χ1v) is 6.00. The lowest BCUT2D eigenvalue weighted by atomic mass is 10.1. The van der Waals surface area contributed by atoms with Crippen molar-refractivity contribution in [2.24, 2.45) is 0 Å². The van der Waals surface area contributed by atoms with Gasteiger partial charge >= 0.3 is 0 Å². The number of aryl methyl sites for hydroxylation is 2. The minimum atomic E-state index is -0.177. The number of nitrogens with one attached hydrogen (secondary N) is 1. The molecule has 4 nitrogen and oxygen atoms in total. The van der Waals surface area contributed by atoms with Crippen LogP contribution < -0.4 is 10.1 Å². The van der Waals surface area contributed by atoms with Crippen molar-refractivity contribution in [2.45, 2.75) is 13.8 Å². The third kappa shape index (κ3) is 3.10. The first-order valence-electron chi connectivity index (χ1n) is 6.00. The molecule has 0 bridgehead atoms. The summed E-state index contributed by atoms with van der Waals surface area (Å²) in [6, 6.07) is 10.8. The summed E-state index contributed by atoms with van der Waals surface area (Å²) in [7, 11) is 1.61. The molecule has 0 saturated heterocycles. The van der Waals surface area contributed by atoms with Crippen LogP contribution in [0.2, 0.25) is 0 Å². The van der Waals surface area contributed by atoms with E-state index in [1.165, 1.54) is 0 Å². The zero-order chi connectivity index (χ0) is 13.8. The Morgan fingerprint density at radius 3 is 2.63 bits per heavy atom. The highest BCUT2D eigenvalue weighted by Crippen LogP contribution is 2.19. The van der Waals surface area contributed by atoms with Gasteiger partial charge in [0.1, 0.15) is 11.6 Å². The summed E-state index contributed by atoms with van der Waals surface area (Å²) in [4.78, 5) is 16.3. The van der Waals surface area contributed by atoms with Crippen LogP contribution in [0.5, 0.6) is 5.75 Å². The number of aromatic nitrogens is 1. The van der Waals surface area contributed by atoms with Crippen molar-refractivity contribution in [3.63, 3.8) is 0 Å². The van der Waals surface area contributed by atoms with Crippen LogP contribution in [0, 0.1) is 13.8 Å². The van der Waals surface area contributed by atoms with Gasteiger partial charge in [-0.1, -0.05) is 6.07 Å². The van der Waals surface area contributed by atoms with Gasteiger partial charge in [0.25, 0.3) is 5.91 Å². The number of methoxy groups -OCH3 is 1. The summed E-state index contributed by atoms with van der Waals surface area (Å²) in [5.41, 5.74) is 2.37. The van der Waals surface area contributed by atoms with E-state index in [1.54, 1.807) is 31.4 Å². The Bertz CT molecular complexity index is 609. The van der Waals surface area contributed by atoms with Crippen LogP contribution in [0.25, 0.3) is 0 Å². The van der Waals surface area contributed by atoms with Crippen molar-refractivity contribution in [3.8, 4) is 5.75 Å². The zero-order valence-electron chi connectivity index (χ0n) is 11.2. The monoisotopic (exact) mass is 256 g/mol. The van der Waals surface area contributed by atoms with E-state index in [1.807, 2.05) is 26.0 Å². The molecule has 1 aromatic heterocycles. The Balaban J connectivity index is 2.18. The quantitative estimate of drug-likeness (QED) is 0.918. The Labute approximate surface area is 112 Å². The average molecular weight is 256 g/mol. The summed E-state index contributed by atoms with van der Waals surface area (Å²) in [5, 5.41) is 2.77. The molecule has 0 radical (unpaired) electrons. The van der Waals surface area contributed by atoms with Gasteiger partial charge in [-0.15, -0.1) is 0 Å². The number of carbonyl (C=O) groups excluding carboxylic acids is 1. The number of anilines is 1. The molecule has 0 aliphatic carbocycles. The van der Waals surface area contributed by atoms with E-state index in [0.29, 0.717) is 11.4 Å². The van der Waals surface area contributed by atoms with Crippen molar-refractivity contribution < 1.29 is 9.53 Å². The molecular weight excluding hydrogens is 240 g/mol. The summed E-state index contributed by atoms with van der Waals surface area (Å²) in [5.74, 6) is 1.15. The second kappa shape index (κ2) is 5.52. The lowest BCUT2D eigenvalue weighted by Crippen LogP contribution is -2.13. The van der Waals surface area contributed by atoms with Crippen molar-refractivity contribution >= 4 is 11.7 Å². The van der Waals surface area contributed by atoms with Crippen molar-refractivity contribution in [1.82, 2.24) is 4.98 Å². The Hall–Kier alpha value is -2.36. The Kier molecular flexibility index (Phi) is 3.80. The van der Waals surface area contributed by atoms with Crippen LogP contribution >= 0.6 is 0 Å². The van der Waals surface area contributed by atoms with Crippen molar-refractivity contribution in [2.75, 3.05) is 12.4 Å². The number of benzene rings is 1. The number of ether oxygens (including phenoxy) is 1. The molecule has 1 N–H and O–H groups in total. The number of carbonyl (C=O) groups is 1. The summed E-state index contributed by atoms with van der Waals surface area (Å²) < 4.78 is 5.17. The van der Waals surface area contributed by atoms with Gasteiger partial charge in [0.05, 0.1) is 7.11 Å². The van der Waals surface area contributed by atoms with Gasteiger partial charge in [0.15, 0.2) is 0 Å². The highest BCUT2D eigenvalue weighted by atomic mass is 16.5. The largest absolute Gasteiger partial charge is 0.496 e. The molecule has 2 rings (SSSR count). The predicted molar refractivity (Wildman–Crippen MR) is 74.7 cm³/mol. The molecule has 1 heterocycles. The number of hydrogen-bond acceptors (Lipinski definition) is 3. The van der Waals surface area contributed by atoms with E-state index in [2.05, 4.69) is 10.3 Å². The molecule has 1 aromatic carbocycles. The highest BCUT2D eigenvalue weighted by molar-refractivity contribution is 6.04. The van der Waals surface area contributed by atoms with E-state index in [-0.39, 0.29) is 5.91 Å². The number of pyridine rings is 1. The van der Waals surface area contributed by atoms with Gasteiger partial charge in [-0.3, -0.25) is 4.79 Å². The third-order valence-corrected chi connectivity index (χ3v) is 2.79. The summed E-state index contributed by atoms with van der Waals surface area (Å²) in [6.45, 7) is 3.79. The van der Waals surface area contributed by atoms with E-state index in [4.69, 9.17) is 4.74 Å². The van der Waals surface area contributed by atoms with Crippen LogP contribution in [0.1, 0.15) is 21.6 Å². The molecule has 0 fully saturated rings. The molecule has 98 valence electrons. The molecule has 1 amide bonds. The summed E-state index contributed by atoms with van der Waals surface area (Å²) >= 11 is 0. The van der Waals surface area contributed by atoms with Crippen molar-refractivity contribution in [1.29, 1.82) is 0 Å². The second-order valence-corrected chi connectivity index (χ2v) is 4.30. The first-order chi connectivity index (χ1) is 9.10.